The minimum absolute atomic E-state index is 0. The van der Waals surface area contributed by atoms with Gasteiger partial charge in [-0.05, 0) is 30.5 Å². The van der Waals surface area contributed by atoms with E-state index < -0.39 is 0 Å². The molecule has 0 amide bonds. The Morgan fingerprint density at radius 3 is 2.78 bits per heavy atom. The Kier molecular flexibility index (Phi) is 6.57. The number of methoxy groups -OCH3 is 1. The van der Waals surface area contributed by atoms with Crippen molar-refractivity contribution in [3.63, 3.8) is 0 Å². The van der Waals surface area contributed by atoms with Gasteiger partial charge in [0.1, 0.15) is 5.75 Å². The van der Waals surface area contributed by atoms with E-state index in [-0.39, 0.29) is 17.0 Å². The monoisotopic (exact) mass is 313 g/mol. The Bertz CT molecular complexity index is 378. The van der Waals surface area contributed by atoms with Crippen molar-refractivity contribution in [3.05, 3.63) is 29.8 Å². The van der Waals surface area contributed by atoms with Crippen LogP contribution in [0.4, 0.5) is 0 Å². The molecule has 0 spiro atoms. The molecule has 1 aliphatic heterocycles. The van der Waals surface area contributed by atoms with E-state index in [0.29, 0.717) is 0 Å². The van der Waals surface area contributed by atoms with Crippen LogP contribution in [0.1, 0.15) is 18.4 Å². The predicted molar refractivity (Wildman–Crippen MR) is 79.7 cm³/mol. The lowest BCUT2D eigenvalue weighted by atomic mass is 10.2. The fourth-order valence-electron chi connectivity index (χ4n) is 1.74. The Labute approximate surface area is 119 Å². The van der Waals surface area contributed by atoms with E-state index in [4.69, 9.17) is 4.74 Å². The summed E-state index contributed by atoms with van der Waals surface area (Å²) in [6.07, 6.45) is 2.36. The number of ether oxygens (including phenoxy) is 1. The smallest absolute Gasteiger partial charge is 0.191 e. The molecule has 0 aromatic heterocycles. The SMILES string of the molecule is Br.COc1ccc(CNC2=NCCCCN2)cc1. The number of hydrogen-bond acceptors (Lipinski definition) is 4. The molecular formula is C13H20BrN3O. The van der Waals surface area contributed by atoms with Crippen LogP contribution in [-0.4, -0.2) is 26.2 Å². The predicted octanol–water partition coefficient (Wildman–Crippen LogP) is 2.10. The van der Waals surface area contributed by atoms with Crippen LogP contribution in [0.15, 0.2) is 29.3 Å². The molecule has 0 aliphatic carbocycles. The van der Waals surface area contributed by atoms with Gasteiger partial charge in [-0.3, -0.25) is 4.99 Å². The van der Waals surface area contributed by atoms with Crippen LogP contribution in [0.25, 0.3) is 0 Å². The molecule has 18 heavy (non-hydrogen) atoms. The number of hydrogen-bond donors (Lipinski definition) is 2. The van der Waals surface area contributed by atoms with E-state index in [1.54, 1.807) is 7.11 Å². The topological polar surface area (TPSA) is 45.6 Å². The molecule has 0 unspecified atom stereocenters. The Morgan fingerprint density at radius 2 is 2.06 bits per heavy atom. The van der Waals surface area contributed by atoms with Crippen LogP contribution in [0, 0.1) is 0 Å². The number of aliphatic imine (C=N–C) groups is 1. The first-order valence-corrected chi connectivity index (χ1v) is 6.03. The molecule has 4 nitrogen and oxygen atoms in total. The standard InChI is InChI=1S/C13H19N3O.BrH/c1-17-12-6-4-11(5-7-12)10-16-13-14-8-2-3-9-15-13;/h4-7H,2-3,8-10H2,1H3,(H2,14,15,16);1H. The quantitative estimate of drug-likeness (QED) is 0.898. The summed E-state index contributed by atoms with van der Waals surface area (Å²) in [5.41, 5.74) is 1.22. The van der Waals surface area contributed by atoms with Gasteiger partial charge in [0.15, 0.2) is 5.96 Å². The van der Waals surface area contributed by atoms with Crippen molar-refractivity contribution in [2.75, 3.05) is 20.2 Å². The summed E-state index contributed by atoms with van der Waals surface area (Å²) < 4.78 is 5.12. The summed E-state index contributed by atoms with van der Waals surface area (Å²) in [5.74, 6) is 1.80. The number of nitrogens with one attached hydrogen (secondary N) is 2. The molecule has 1 heterocycles. The summed E-state index contributed by atoms with van der Waals surface area (Å²) in [6.45, 7) is 2.71. The van der Waals surface area contributed by atoms with Crippen LogP contribution < -0.4 is 15.4 Å². The van der Waals surface area contributed by atoms with E-state index in [2.05, 4.69) is 27.8 Å². The Hall–Kier alpha value is -1.23. The normalized spacial score (nSPS) is 14.6. The Morgan fingerprint density at radius 1 is 1.28 bits per heavy atom. The molecule has 100 valence electrons. The largest absolute Gasteiger partial charge is 0.497 e. The summed E-state index contributed by atoms with van der Waals surface area (Å²) in [6, 6.07) is 8.06. The zero-order chi connectivity index (χ0) is 11.9. The molecule has 1 aliphatic rings. The molecule has 5 heteroatoms. The number of nitrogens with zero attached hydrogens (tertiary/aromatic N) is 1. The van der Waals surface area contributed by atoms with E-state index in [9.17, 15) is 0 Å². The second-order valence-electron chi connectivity index (χ2n) is 4.07. The van der Waals surface area contributed by atoms with Gasteiger partial charge in [0.2, 0.25) is 0 Å². The molecule has 0 radical (unpaired) electrons. The maximum atomic E-state index is 5.12. The first-order chi connectivity index (χ1) is 8.38. The molecule has 2 N–H and O–H groups in total. The van der Waals surface area contributed by atoms with Gasteiger partial charge in [0, 0.05) is 19.6 Å². The van der Waals surface area contributed by atoms with Gasteiger partial charge in [-0.1, -0.05) is 12.1 Å². The summed E-state index contributed by atoms with van der Waals surface area (Å²) in [7, 11) is 1.68. The van der Waals surface area contributed by atoms with E-state index in [0.717, 1.165) is 31.3 Å². The number of benzene rings is 1. The molecule has 0 saturated heterocycles. The zero-order valence-corrected chi connectivity index (χ0v) is 12.3. The van der Waals surface area contributed by atoms with Gasteiger partial charge < -0.3 is 15.4 Å². The maximum absolute atomic E-state index is 5.12. The molecule has 2 rings (SSSR count). The number of halogens is 1. The van der Waals surface area contributed by atoms with Crippen molar-refractivity contribution in [3.8, 4) is 5.75 Å². The summed E-state index contributed by atoms with van der Waals surface area (Å²) in [5, 5.41) is 6.60. The third-order valence-electron chi connectivity index (χ3n) is 2.77. The van der Waals surface area contributed by atoms with Crippen LogP contribution in [0.3, 0.4) is 0 Å². The second kappa shape index (κ2) is 7.97. The first-order valence-electron chi connectivity index (χ1n) is 6.03. The van der Waals surface area contributed by atoms with Gasteiger partial charge in [0.25, 0.3) is 0 Å². The van der Waals surface area contributed by atoms with Crippen LogP contribution in [-0.2, 0) is 6.54 Å². The minimum Gasteiger partial charge on any atom is -0.497 e. The lowest BCUT2D eigenvalue weighted by Gasteiger charge is -2.10. The lowest BCUT2D eigenvalue weighted by molar-refractivity contribution is 0.414. The average molecular weight is 314 g/mol. The van der Waals surface area contributed by atoms with Crippen LogP contribution >= 0.6 is 17.0 Å². The van der Waals surface area contributed by atoms with E-state index in [1.165, 1.54) is 18.4 Å². The van der Waals surface area contributed by atoms with Gasteiger partial charge in [-0.2, -0.15) is 0 Å². The van der Waals surface area contributed by atoms with Crippen LogP contribution in [0.2, 0.25) is 0 Å². The highest BCUT2D eigenvalue weighted by atomic mass is 79.9. The molecule has 1 aromatic rings. The summed E-state index contributed by atoms with van der Waals surface area (Å²) in [4.78, 5) is 4.44. The van der Waals surface area contributed by atoms with Gasteiger partial charge in [-0.25, -0.2) is 0 Å². The molecule has 0 atom stereocenters. The maximum Gasteiger partial charge on any atom is 0.191 e. The fourth-order valence-corrected chi connectivity index (χ4v) is 1.74. The van der Waals surface area contributed by atoms with E-state index in [1.807, 2.05) is 12.1 Å². The molecule has 1 aromatic carbocycles. The third kappa shape index (κ3) is 4.56. The number of rotatable bonds is 3. The zero-order valence-electron chi connectivity index (χ0n) is 10.6. The van der Waals surface area contributed by atoms with Crippen molar-refractivity contribution in [1.29, 1.82) is 0 Å². The fraction of sp³-hybridized carbons (Fsp3) is 0.462. The van der Waals surface area contributed by atoms with Gasteiger partial charge in [-0.15, -0.1) is 17.0 Å². The molecule has 0 bridgehead atoms. The summed E-state index contributed by atoms with van der Waals surface area (Å²) >= 11 is 0. The Balaban J connectivity index is 0.00000162. The van der Waals surface area contributed by atoms with Crippen molar-refractivity contribution in [2.24, 2.45) is 4.99 Å². The van der Waals surface area contributed by atoms with Crippen LogP contribution in [0.5, 0.6) is 5.75 Å². The second-order valence-corrected chi connectivity index (χ2v) is 4.07. The van der Waals surface area contributed by atoms with Crippen molar-refractivity contribution >= 4 is 22.9 Å². The highest BCUT2D eigenvalue weighted by Crippen LogP contribution is 2.10. The highest BCUT2D eigenvalue weighted by Gasteiger charge is 2.02. The van der Waals surface area contributed by atoms with E-state index >= 15 is 0 Å². The molecule has 0 fully saturated rings. The molecule has 0 saturated carbocycles. The first kappa shape index (κ1) is 14.8. The average Bonchev–Trinajstić information content (AvgIpc) is 2.65. The minimum atomic E-state index is 0. The van der Waals surface area contributed by atoms with Gasteiger partial charge >= 0.3 is 0 Å². The van der Waals surface area contributed by atoms with Crippen molar-refractivity contribution in [1.82, 2.24) is 10.6 Å². The van der Waals surface area contributed by atoms with Gasteiger partial charge in [0.05, 0.1) is 7.11 Å². The highest BCUT2D eigenvalue weighted by molar-refractivity contribution is 8.93. The third-order valence-corrected chi connectivity index (χ3v) is 2.77. The van der Waals surface area contributed by atoms with Crippen molar-refractivity contribution in [2.45, 2.75) is 19.4 Å². The number of guanidine groups is 1. The van der Waals surface area contributed by atoms with Crippen molar-refractivity contribution < 1.29 is 4.74 Å². The lowest BCUT2D eigenvalue weighted by Crippen LogP contribution is -2.36. The molecular weight excluding hydrogens is 294 g/mol.